The lowest BCUT2D eigenvalue weighted by Gasteiger charge is -2.35. The lowest BCUT2D eigenvalue weighted by molar-refractivity contribution is -0.133. The molecule has 5 heterocycles. The van der Waals surface area contributed by atoms with Crippen molar-refractivity contribution in [1.82, 2.24) is 29.8 Å². The van der Waals surface area contributed by atoms with E-state index in [0.29, 0.717) is 30.7 Å². The van der Waals surface area contributed by atoms with Crippen LogP contribution in [0.4, 0.5) is 0 Å². The predicted molar refractivity (Wildman–Crippen MR) is 168 cm³/mol. The van der Waals surface area contributed by atoms with Crippen LogP contribution in [0.5, 0.6) is 5.88 Å². The van der Waals surface area contributed by atoms with Gasteiger partial charge in [0.15, 0.2) is 5.78 Å². The molecule has 1 amide bonds. The SMILES string of the molecule is Cc1cc(C)cc(-c2[nH]nc(OCC(C)(C)C(=O)C3C4CCN3CC4)c2CCN2CCN(CC(=O)N3CCCC3)CC2)c1. The Balaban J connectivity index is 1.11. The second kappa shape index (κ2) is 12.7. The normalized spacial score (nSPS) is 24.7. The minimum absolute atomic E-state index is 0.0485. The average Bonchev–Trinajstić information content (AvgIpc) is 3.79. The molecule has 4 fully saturated rings. The number of H-pyrrole nitrogens is 1. The van der Waals surface area contributed by atoms with Gasteiger partial charge in [0, 0.05) is 56.9 Å². The first-order chi connectivity index (χ1) is 20.7. The van der Waals surface area contributed by atoms with Crippen LogP contribution in [0, 0.1) is 25.2 Å². The van der Waals surface area contributed by atoms with Crippen molar-refractivity contribution >= 4 is 11.7 Å². The highest BCUT2D eigenvalue weighted by Crippen LogP contribution is 2.39. The molecule has 4 aliphatic heterocycles. The predicted octanol–water partition coefficient (Wildman–Crippen LogP) is 3.54. The summed E-state index contributed by atoms with van der Waals surface area (Å²) in [6, 6.07) is 6.63. The molecule has 1 aromatic heterocycles. The molecule has 0 aliphatic carbocycles. The molecule has 0 radical (unpaired) electrons. The number of amides is 1. The summed E-state index contributed by atoms with van der Waals surface area (Å²) in [6.07, 6.45) is 5.35. The fourth-order valence-electron chi connectivity index (χ4n) is 7.67. The first kappa shape index (κ1) is 30.3. The Morgan fingerprint density at radius 1 is 0.930 bits per heavy atom. The van der Waals surface area contributed by atoms with Crippen molar-refractivity contribution < 1.29 is 14.3 Å². The molecule has 1 N–H and O–H groups in total. The highest BCUT2D eigenvalue weighted by molar-refractivity contribution is 5.90. The number of hydrogen-bond acceptors (Lipinski definition) is 7. The lowest BCUT2D eigenvalue weighted by Crippen LogP contribution is -2.50. The molecule has 2 bridgehead atoms. The monoisotopic (exact) mass is 590 g/mol. The quantitative estimate of drug-likeness (QED) is 0.429. The van der Waals surface area contributed by atoms with Gasteiger partial charge in [0.1, 0.15) is 6.61 Å². The van der Waals surface area contributed by atoms with Gasteiger partial charge >= 0.3 is 0 Å². The molecule has 6 rings (SSSR count). The van der Waals surface area contributed by atoms with Crippen molar-refractivity contribution in [2.24, 2.45) is 11.3 Å². The number of hydrogen-bond donors (Lipinski definition) is 1. The van der Waals surface area contributed by atoms with E-state index in [9.17, 15) is 9.59 Å². The highest BCUT2D eigenvalue weighted by atomic mass is 16.5. The van der Waals surface area contributed by atoms with E-state index in [2.05, 4.69) is 56.9 Å². The van der Waals surface area contributed by atoms with Crippen molar-refractivity contribution in [3.8, 4) is 17.1 Å². The fourth-order valence-corrected chi connectivity index (χ4v) is 7.67. The number of aryl methyl sites for hydroxylation is 2. The molecule has 2 aromatic rings. The summed E-state index contributed by atoms with van der Waals surface area (Å²) in [5.41, 5.74) is 5.03. The van der Waals surface area contributed by atoms with Gasteiger partial charge < -0.3 is 14.5 Å². The van der Waals surface area contributed by atoms with Gasteiger partial charge in [-0.2, -0.15) is 0 Å². The maximum absolute atomic E-state index is 13.7. The molecule has 4 aliphatic rings. The number of nitrogens with zero attached hydrogens (tertiary/aromatic N) is 5. The van der Waals surface area contributed by atoms with Crippen molar-refractivity contribution in [2.75, 3.05) is 72.1 Å². The summed E-state index contributed by atoms with van der Waals surface area (Å²) in [5, 5.41) is 7.96. The van der Waals surface area contributed by atoms with Gasteiger partial charge in [-0.15, -0.1) is 5.10 Å². The van der Waals surface area contributed by atoms with Crippen LogP contribution in [0.2, 0.25) is 0 Å². The molecule has 9 nitrogen and oxygen atoms in total. The van der Waals surface area contributed by atoms with Crippen LogP contribution in [0.3, 0.4) is 0 Å². The first-order valence-electron chi connectivity index (χ1n) is 16.5. The van der Waals surface area contributed by atoms with Gasteiger partial charge in [-0.3, -0.25) is 24.5 Å². The minimum atomic E-state index is -0.588. The van der Waals surface area contributed by atoms with E-state index in [1.165, 1.54) is 11.1 Å². The zero-order chi connectivity index (χ0) is 30.1. The number of aromatic amines is 1. The minimum Gasteiger partial charge on any atom is -0.475 e. The summed E-state index contributed by atoms with van der Waals surface area (Å²) in [5.74, 6) is 1.70. The van der Waals surface area contributed by atoms with Gasteiger partial charge in [-0.05, 0) is 90.9 Å². The third-order valence-corrected chi connectivity index (χ3v) is 10.2. The number of likely N-dealkylation sites (tertiary alicyclic amines) is 1. The molecule has 0 saturated carbocycles. The Bertz CT molecular complexity index is 1270. The van der Waals surface area contributed by atoms with Gasteiger partial charge in [0.25, 0.3) is 0 Å². The molecule has 1 atom stereocenters. The zero-order valence-electron chi connectivity index (χ0n) is 26.7. The van der Waals surface area contributed by atoms with Crippen LogP contribution < -0.4 is 4.74 Å². The van der Waals surface area contributed by atoms with Gasteiger partial charge in [-0.1, -0.05) is 17.2 Å². The van der Waals surface area contributed by atoms with Crippen LogP contribution in [-0.2, 0) is 16.0 Å². The number of aromatic nitrogens is 2. The lowest BCUT2D eigenvalue weighted by atomic mass is 9.81. The Morgan fingerprint density at radius 3 is 2.21 bits per heavy atom. The fraction of sp³-hybridized carbons (Fsp3) is 0.676. The van der Waals surface area contributed by atoms with Crippen LogP contribution in [-0.4, -0.2) is 120 Å². The Kier molecular flexibility index (Phi) is 8.94. The van der Waals surface area contributed by atoms with E-state index >= 15 is 0 Å². The van der Waals surface area contributed by atoms with E-state index in [1.54, 1.807) is 0 Å². The maximum Gasteiger partial charge on any atom is 0.236 e. The van der Waals surface area contributed by atoms with Crippen LogP contribution in [0.1, 0.15) is 56.2 Å². The number of fused-ring (bicyclic) bond motifs is 2. The number of Topliss-reactive ketones (excluding diaryl/α,β-unsaturated/α-hetero) is 1. The molecule has 1 unspecified atom stereocenters. The number of carbonyl (C=O) groups is 2. The zero-order valence-corrected chi connectivity index (χ0v) is 26.7. The number of piperazine rings is 1. The van der Waals surface area contributed by atoms with Gasteiger partial charge in [0.05, 0.1) is 23.7 Å². The van der Waals surface area contributed by atoms with E-state index in [0.717, 1.165) is 108 Å². The third kappa shape index (κ3) is 6.69. The van der Waals surface area contributed by atoms with Crippen LogP contribution in [0.25, 0.3) is 11.3 Å². The summed E-state index contributed by atoms with van der Waals surface area (Å²) < 4.78 is 6.44. The number of nitrogens with one attached hydrogen (secondary N) is 1. The van der Waals surface area contributed by atoms with E-state index in [1.807, 2.05) is 18.7 Å². The van der Waals surface area contributed by atoms with Crippen LogP contribution >= 0.6 is 0 Å². The number of ether oxygens (including phenoxy) is 1. The Labute approximate surface area is 256 Å². The number of piperidine rings is 1. The number of rotatable bonds is 11. The van der Waals surface area contributed by atoms with E-state index in [4.69, 9.17) is 4.74 Å². The number of ketones is 1. The third-order valence-electron chi connectivity index (χ3n) is 10.2. The molecular weight excluding hydrogens is 540 g/mol. The average molecular weight is 591 g/mol. The molecule has 1 aromatic carbocycles. The highest BCUT2D eigenvalue weighted by Gasteiger charge is 2.48. The molecule has 0 spiro atoms. The van der Waals surface area contributed by atoms with Gasteiger partial charge in [-0.25, -0.2) is 0 Å². The molecule has 234 valence electrons. The van der Waals surface area contributed by atoms with Crippen molar-refractivity contribution in [2.45, 2.75) is 65.8 Å². The smallest absolute Gasteiger partial charge is 0.236 e. The van der Waals surface area contributed by atoms with E-state index in [-0.39, 0.29) is 11.9 Å². The summed E-state index contributed by atoms with van der Waals surface area (Å²) >= 11 is 0. The molecule has 4 saturated heterocycles. The van der Waals surface area contributed by atoms with Crippen molar-refractivity contribution in [1.29, 1.82) is 0 Å². The standard InChI is InChI=1S/C34H50N6O3/c1-24-19-25(2)21-27(20-24)30-28(9-12-37-15-17-38(18-16-37)22-29(41)39-10-5-6-11-39)33(36-35-30)43-23-34(3,4)32(42)31-26-7-13-40(31)14-8-26/h19-21,26,31H,5-18,22-23H2,1-4H3,(H,35,36). The molecule has 43 heavy (non-hydrogen) atoms. The number of benzene rings is 1. The Hall–Kier alpha value is -2.75. The summed E-state index contributed by atoms with van der Waals surface area (Å²) in [7, 11) is 0. The summed E-state index contributed by atoms with van der Waals surface area (Å²) in [6.45, 7) is 17.7. The summed E-state index contributed by atoms with van der Waals surface area (Å²) in [4.78, 5) is 35.5. The Morgan fingerprint density at radius 2 is 1.58 bits per heavy atom. The molecule has 9 heteroatoms. The largest absolute Gasteiger partial charge is 0.475 e. The second-order valence-corrected chi connectivity index (χ2v) is 14.1. The molecular formula is C34H50N6O3. The van der Waals surface area contributed by atoms with Gasteiger partial charge in [0.2, 0.25) is 11.8 Å². The van der Waals surface area contributed by atoms with Crippen molar-refractivity contribution in [3.63, 3.8) is 0 Å². The topological polar surface area (TPSA) is 85.0 Å². The van der Waals surface area contributed by atoms with Crippen LogP contribution in [0.15, 0.2) is 18.2 Å². The van der Waals surface area contributed by atoms with E-state index < -0.39 is 5.41 Å². The van der Waals surface area contributed by atoms with Crippen molar-refractivity contribution in [3.05, 3.63) is 34.9 Å². The first-order valence-corrected chi connectivity index (χ1v) is 16.5. The number of carbonyl (C=O) groups excluding carboxylic acids is 2. The maximum atomic E-state index is 13.7. The second-order valence-electron chi connectivity index (χ2n) is 14.1.